The normalized spacial score (nSPS) is 24.8. The highest BCUT2D eigenvalue weighted by atomic mass is 16.2. The third-order valence-corrected chi connectivity index (χ3v) is 5.94. The first kappa shape index (κ1) is 16.8. The van der Waals surface area contributed by atoms with Crippen LogP contribution in [-0.4, -0.2) is 66.0 Å². The van der Waals surface area contributed by atoms with Crippen molar-refractivity contribution in [3.63, 3.8) is 0 Å². The highest BCUT2D eigenvalue weighted by molar-refractivity contribution is 5.94. The molecule has 1 aliphatic carbocycles. The van der Waals surface area contributed by atoms with E-state index in [4.69, 9.17) is 0 Å². The van der Waals surface area contributed by atoms with E-state index in [2.05, 4.69) is 15.2 Å². The van der Waals surface area contributed by atoms with Gasteiger partial charge in [-0.3, -0.25) is 14.5 Å². The van der Waals surface area contributed by atoms with Crippen LogP contribution < -0.4 is 10.9 Å². The lowest BCUT2D eigenvalue weighted by atomic mass is 10.1. The van der Waals surface area contributed by atoms with Crippen LogP contribution in [0.5, 0.6) is 0 Å². The molecule has 2 fully saturated rings. The molecule has 0 saturated carbocycles. The smallest absolute Gasteiger partial charge is 0.261 e. The van der Waals surface area contributed by atoms with E-state index in [1.54, 1.807) is 0 Å². The van der Waals surface area contributed by atoms with Crippen molar-refractivity contribution < 1.29 is 4.79 Å². The number of H-pyrrole nitrogens is 1. The molecule has 2 saturated heterocycles. The highest BCUT2D eigenvalue weighted by Gasteiger charge is 2.32. The van der Waals surface area contributed by atoms with Crippen LogP contribution in [0.25, 0.3) is 0 Å². The lowest BCUT2D eigenvalue weighted by Gasteiger charge is -2.32. The summed E-state index contributed by atoms with van der Waals surface area (Å²) in [7, 11) is 0. The Balaban J connectivity index is 1.49. The van der Waals surface area contributed by atoms with Crippen LogP contribution in [0.3, 0.4) is 0 Å². The molecule has 3 heterocycles. The summed E-state index contributed by atoms with van der Waals surface area (Å²) in [6, 6.07) is 2.31. The average Bonchev–Trinajstić information content (AvgIpc) is 3.02. The summed E-state index contributed by atoms with van der Waals surface area (Å²) in [5, 5.41) is 3.37. The van der Waals surface area contributed by atoms with E-state index in [1.807, 2.05) is 11.0 Å². The number of rotatable bonds is 2. The summed E-state index contributed by atoms with van der Waals surface area (Å²) in [4.78, 5) is 32.8. The second-order valence-corrected chi connectivity index (χ2v) is 7.56. The van der Waals surface area contributed by atoms with E-state index >= 15 is 0 Å². The molecule has 4 rings (SSSR count). The molecule has 6 nitrogen and oxygen atoms in total. The molecule has 0 bridgehead atoms. The second kappa shape index (κ2) is 7.30. The second-order valence-electron chi connectivity index (χ2n) is 7.56. The van der Waals surface area contributed by atoms with Crippen molar-refractivity contribution in [1.82, 2.24) is 20.1 Å². The number of nitrogens with zero attached hydrogens (tertiary/aromatic N) is 2. The van der Waals surface area contributed by atoms with E-state index < -0.39 is 0 Å². The molecule has 1 unspecified atom stereocenters. The van der Waals surface area contributed by atoms with Gasteiger partial charge in [-0.2, -0.15) is 0 Å². The van der Waals surface area contributed by atoms with Crippen LogP contribution in [0, 0.1) is 0 Å². The predicted molar refractivity (Wildman–Crippen MR) is 97.1 cm³/mol. The van der Waals surface area contributed by atoms with E-state index in [1.165, 1.54) is 12.0 Å². The number of aromatic nitrogens is 1. The van der Waals surface area contributed by atoms with Gasteiger partial charge in [0.2, 0.25) is 0 Å². The van der Waals surface area contributed by atoms with Crippen LogP contribution in [0.15, 0.2) is 10.9 Å². The summed E-state index contributed by atoms with van der Waals surface area (Å²) < 4.78 is 0. The lowest BCUT2D eigenvalue weighted by Crippen LogP contribution is -2.49. The number of piperazine rings is 1. The maximum absolute atomic E-state index is 12.9. The van der Waals surface area contributed by atoms with Crippen molar-refractivity contribution >= 4 is 5.91 Å². The summed E-state index contributed by atoms with van der Waals surface area (Å²) >= 11 is 0. The number of fused-ring (bicyclic) bond motifs is 1. The lowest BCUT2D eigenvalue weighted by molar-refractivity contribution is 0.0771. The van der Waals surface area contributed by atoms with Gasteiger partial charge in [0.25, 0.3) is 11.5 Å². The monoisotopic (exact) mass is 344 g/mol. The van der Waals surface area contributed by atoms with Gasteiger partial charge in [-0.25, -0.2) is 0 Å². The summed E-state index contributed by atoms with van der Waals surface area (Å²) in [6.07, 6.45) is 6.35. The Morgan fingerprint density at radius 1 is 1.08 bits per heavy atom. The third-order valence-electron chi connectivity index (χ3n) is 5.94. The zero-order valence-electron chi connectivity index (χ0n) is 14.9. The van der Waals surface area contributed by atoms with Gasteiger partial charge >= 0.3 is 0 Å². The van der Waals surface area contributed by atoms with Crippen LogP contribution in [0.4, 0.5) is 0 Å². The number of carbonyl (C=O) groups is 1. The van der Waals surface area contributed by atoms with Crippen LogP contribution in [-0.2, 0) is 12.8 Å². The molecule has 136 valence electrons. The zero-order chi connectivity index (χ0) is 17.2. The Bertz CT molecular complexity index is 693. The molecule has 6 heteroatoms. The van der Waals surface area contributed by atoms with Crippen molar-refractivity contribution in [2.75, 3.05) is 39.3 Å². The largest absolute Gasteiger partial charge is 0.337 e. The minimum atomic E-state index is -0.212. The number of pyridine rings is 1. The maximum atomic E-state index is 12.9. The predicted octanol–water partition coefficient (Wildman–Crippen LogP) is 0.764. The van der Waals surface area contributed by atoms with Gasteiger partial charge in [0.05, 0.1) is 0 Å². The van der Waals surface area contributed by atoms with Gasteiger partial charge in [-0.15, -0.1) is 0 Å². The number of carbonyl (C=O) groups excluding carboxylic acids is 1. The molecule has 2 aliphatic heterocycles. The highest BCUT2D eigenvalue weighted by Crippen LogP contribution is 2.21. The minimum absolute atomic E-state index is 0.0917. The molecule has 0 radical (unpaired) electrons. The first-order valence-electron chi connectivity index (χ1n) is 9.71. The number of likely N-dealkylation sites (tertiary alicyclic amines) is 1. The molecular weight excluding hydrogens is 316 g/mol. The summed E-state index contributed by atoms with van der Waals surface area (Å²) in [5.74, 6) is -0.0917. The maximum Gasteiger partial charge on any atom is 0.261 e. The fourth-order valence-electron chi connectivity index (χ4n) is 4.45. The van der Waals surface area contributed by atoms with Crippen LogP contribution in [0.2, 0.25) is 0 Å². The standard InChI is InChI=1S/C19H28N4O2/c24-18-16(12-14-4-2-1-3-5-17(14)21-18)19(25)23-9-6-15(13-23)22-10-7-20-8-11-22/h12,15,20H,1-11,13H2,(H,21,24). The number of aryl methyl sites for hydroxylation is 2. The van der Waals surface area contributed by atoms with Crippen LogP contribution in [0.1, 0.15) is 47.3 Å². The van der Waals surface area contributed by atoms with Crippen molar-refractivity contribution in [2.45, 2.75) is 44.6 Å². The number of nitrogens with one attached hydrogen (secondary N) is 2. The van der Waals surface area contributed by atoms with Crippen molar-refractivity contribution in [3.05, 3.63) is 33.2 Å². The Morgan fingerprint density at radius 3 is 2.72 bits per heavy atom. The van der Waals surface area contributed by atoms with E-state index in [0.29, 0.717) is 11.6 Å². The quantitative estimate of drug-likeness (QED) is 0.778. The minimum Gasteiger partial charge on any atom is -0.337 e. The fraction of sp³-hybridized carbons (Fsp3) is 0.684. The Hall–Kier alpha value is -1.66. The van der Waals surface area contributed by atoms with Gasteiger partial charge in [0, 0.05) is 51.0 Å². The Kier molecular flexibility index (Phi) is 4.90. The SMILES string of the molecule is O=C(c1cc2c([nH]c1=O)CCCCC2)N1CCC(N2CCNCC2)C1. The molecule has 1 aromatic rings. The zero-order valence-corrected chi connectivity index (χ0v) is 14.9. The van der Waals surface area contributed by atoms with Gasteiger partial charge in [-0.1, -0.05) is 6.42 Å². The van der Waals surface area contributed by atoms with Crippen molar-refractivity contribution in [2.24, 2.45) is 0 Å². The van der Waals surface area contributed by atoms with Crippen molar-refractivity contribution in [1.29, 1.82) is 0 Å². The van der Waals surface area contributed by atoms with Gasteiger partial charge < -0.3 is 15.2 Å². The van der Waals surface area contributed by atoms with Gasteiger partial charge in [-0.05, 0) is 43.7 Å². The molecule has 0 spiro atoms. The molecular formula is C19H28N4O2. The van der Waals surface area contributed by atoms with Crippen molar-refractivity contribution in [3.8, 4) is 0 Å². The van der Waals surface area contributed by atoms with E-state index in [0.717, 1.165) is 77.1 Å². The average molecular weight is 344 g/mol. The number of amides is 1. The molecule has 0 aromatic carbocycles. The fourth-order valence-corrected chi connectivity index (χ4v) is 4.45. The Labute approximate surface area is 148 Å². The molecule has 1 aromatic heterocycles. The molecule has 3 aliphatic rings. The number of aromatic amines is 1. The molecule has 1 amide bonds. The molecule has 2 N–H and O–H groups in total. The molecule has 25 heavy (non-hydrogen) atoms. The Morgan fingerprint density at radius 2 is 1.88 bits per heavy atom. The third kappa shape index (κ3) is 3.51. The molecule has 1 atom stereocenters. The topological polar surface area (TPSA) is 68.4 Å². The van der Waals surface area contributed by atoms with E-state index in [9.17, 15) is 9.59 Å². The summed E-state index contributed by atoms with van der Waals surface area (Å²) in [6.45, 7) is 5.64. The van der Waals surface area contributed by atoms with Gasteiger partial charge in [0.15, 0.2) is 0 Å². The van der Waals surface area contributed by atoms with Gasteiger partial charge in [0.1, 0.15) is 5.56 Å². The first-order chi connectivity index (χ1) is 12.2. The number of hydrogen-bond donors (Lipinski definition) is 2. The first-order valence-corrected chi connectivity index (χ1v) is 9.71. The number of hydrogen-bond acceptors (Lipinski definition) is 4. The summed E-state index contributed by atoms with van der Waals surface area (Å²) in [5.41, 5.74) is 2.33. The van der Waals surface area contributed by atoms with Crippen LogP contribution >= 0.6 is 0 Å². The van der Waals surface area contributed by atoms with E-state index in [-0.39, 0.29) is 11.5 Å².